The average Bonchev–Trinajstić information content (AvgIpc) is 2.82. The van der Waals surface area contributed by atoms with Crippen molar-refractivity contribution < 1.29 is 8.42 Å². The average molecular weight is 352 g/mol. The highest BCUT2D eigenvalue weighted by atomic mass is 35.5. The van der Waals surface area contributed by atoms with Crippen molar-refractivity contribution in [1.29, 1.82) is 0 Å². The van der Waals surface area contributed by atoms with Crippen LogP contribution >= 0.6 is 12.4 Å². The molecule has 22 heavy (non-hydrogen) atoms. The first-order chi connectivity index (χ1) is 9.93. The molecule has 1 aliphatic carbocycles. The molecule has 5 nitrogen and oxygen atoms in total. The van der Waals surface area contributed by atoms with Crippen molar-refractivity contribution in [1.82, 2.24) is 9.21 Å². The molecule has 0 aromatic rings. The third-order valence-corrected chi connectivity index (χ3v) is 6.97. The Hall–Kier alpha value is 0.120. The predicted molar refractivity (Wildman–Crippen MR) is 91.6 cm³/mol. The number of halogens is 1. The van der Waals surface area contributed by atoms with Crippen LogP contribution in [0.25, 0.3) is 0 Å². The fourth-order valence-corrected chi connectivity index (χ4v) is 5.54. The lowest BCUT2D eigenvalue weighted by atomic mass is 9.78. The number of nitrogens with two attached hydrogens (primary N) is 1. The molecule has 0 amide bonds. The van der Waals surface area contributed by atoms with E-state index in [1.807, 2.05) is 0 Å². The predicted octanol–water partition coefficient (Wildman–Crippen LogP) is 1.14. The van der Waals surface area contributed by atoms with Gasteiger partial charge in [0.1, 0.15) is 0 Å². The lowest BCUT2D eigenvalue weighted by Gasteiger charge is -2.33. The summed E-state index contributed by atoms with van der Waals surface area (Å²) < 4.78 is 25.1. The summed E-state index contributed by atoms with van der Waals surface area (Å²) in [6.07, 6.45) is 7.28. The molecule has 2 heterocycles. The molecule has 3 fully saturated rings. The van der Waals surface area contributed by atoms with Gasteiger partial charge in [-0.2, -0.15) is 0 Å². The summed E-state index contributed by atoms with van der Waals surface area (Å²) in [5, 5.41) is 0. The molecule has 0 bridgehead atoms. The van der Waals surface area contributed by atoms with E-state index >= 15 is 0 Å². The molecule has 2 saturated heterocycles. The highest BCUT2D eigenvalue weighted by molar-refractivity contribution is 7.88. The van der Waals surface area contributed by atoms with Crippen LogP contribution in [0.15, 0.2) is 0 Å². The Balaban J connectivity index is 0.00000176. The molecular formula is C15H30ClN3O2S. The first kappa shape index (κ1) is 18.5. The molecule has 1 saturated carbocycles. The summed E-state index contributed by atoms with van der Waals surface area (Å²) in [6.45, 7) is 4.75. The van der Waals surface area contributed by atoms with E-state index in [2.05, 4.69) is 4.90 Å². The Morgan fingerprint density at radius 2 is 1.86 bits per heavy atom. The number of fused-ring (bicyclic) bond motifs is 1. The van der Waals surface area contributed by atoms with Gasteiger partial charge >= 0.3 is 0 Å². The first-order valence-electron chi connectivity index (χ1n) is 8.36. The zero-order valence-corrected chi connectivity index (χ0v) is 15.1. The van der Waals surface area contributed by atoms with Crippen molar-refractivity contribution in [2.45, 2.75) is 38.1 Å². The van der Waals surface area contributed by atoms with Gasteiger partial charge in [-0.25, -0.2) is 12.7 Å². The van der Waals surface area contributed by atoms with Crippen LogP contribution in [0.4, 0.5) is 0 Å². The van der Waals surface area contributed by atoms with Crippen molar-refractivity contribution >= 4 is 22.4 Å². The minimum atomic E-state index is -3.03. The van der Waals surface area contributed by atoms with Crippen molar-refractivity contribution in [3.05, 3.63) is 0 Å². The summed E-state index contributed by atoms with van der Waals surface area (Å²) in [4.78, 5) is 2.55. The molecule has 3 aliphatic rings. The zero-order chi connectivity index (χ0) is 15.0. The van der Waals surface area contributed by atoms with Gasteiger partial charge in [0.05, 0.1) is 6.26 Å². The molecule has 0 aromatic carbocycles. The number of likely N-dealkylation sites (tertiary alicyclic amines) is 1. The minimum Gasteiger partial charge on any atom is -0.327 e. The fraction of sp³-hybridized carbons (Fsp3) is 1.00. The number of piperidine rings is 1. The summed E-state index contributed by atoms with van der Waals surface area (Å²) in [7, 11) is -3.03. The van der Waals surface area contributed by atoms with Crippen LogP contribution in [0, 0.1) is 17.8 Å². The Kier molecular flexibility index (Phi) is 6.16. The molecule has 4 unspecified atom stereocenters. The lowest BCUT2D eigenvalue weighted by Crippen LogP contribution is -2.43. The normalized spacial score (nSPS) is 37.5. The summed E-state index contributed by atoms with van der Waals surface area (Å²) >= 11 is 0. The van der Waals surface area contributed by atoms with Gasteiger partial charge in [0.25, 0.3) is 0 Å². The van der Waals surface area contributed by atoms with E-state index in [0.29, 0.717) is 31.0 Å². The van der Waals surface area contributed by atoms with E-state index in [4.69, 9.17) is 5.73 Å². The highest BCUT2D eigenvalue weighted by Gasteiger charge is 2.39. The van der Waals surface area contributed by atoms with Crippen LogP contribution in [0.5, 0.6) is 0 Å². The second kappa shape index (κ2) is 7.34. The number of rotatable bonds is 3. The third-order valence-electron chi connectivity index (χ3n) is 5.70. The number of hydrogen-bond donors (Lipinski definition) is 1. The topological polar surface area (TPSA) is 66.6 Å². The Bertz CT molecular complexity index is 473. The summed E-state index contributed by atoms with van der Waals surface area (Å²) in [6, 6.07) is 0.382. The smallest absolute Gasteiger partial charge is 0.211 e. The van der Waals surface area contributed by atoms with E-state index in [1.165, 1.54) is 32.1 Å². The van der Waals surface area contributed by atoms with Gasteiger partial charge in [0.2, 0.25) is 10.0 Å². The quantitative estimate of drug-likeness (QED) is 0.828. The van der Waals surface area contributed by atoms with Crippen LogP contribution in [0.2, 0.25) is 0 Å². The first-order valence-corrected chi connectivity index (χ1v) is 10.2. The molecule has 2 aliphatic heterocycles. The van der Waals surface area contributed by atoms with E-state index in [0.717, 1.165) is 31.8 Å². The second-order valence-corrected chi connectivity index (χ2v) is 9.35. The van der Waals surface area contributed by atoms with Crippen LogP contribution in [0.3, 0.4) is 0 Å². The standard InChI is InChI=1S/C15H29N3O2S.ClH/c1-21(19,20)18-7-3-4-12(9-18)8-17-10-13-5-2-6-15(16)14(13)11-17;/h12-15H,2-11,16H2,1H3;1H. The van der Waals surface area contributed by atoms with Gasteiger partial charge in [-0.15, -0.1) is 12.4 Å². The number of sulfonamides is 1. The summed E-state index contributed by atoms with van der Waals surface area (Å²) in [5.74, 6) is 1.95. The maximum absolute atomic E-state index is 11.7. The zero-order valence-electron chi connectivity index (χ0n) is 13.5. The molecule has 7 heteroatoms. The maximum atomic E-state index is 11.7. The van der Waals surface area contributed by atoms with Gasteiger partial charge in [0, 0.05) is 38.8 Å². The minimum absolute atomic E-state index is 0. The Labute approximate surface area is 141 Å². The molecule has 2 N–H and O–H groups in total. The van der Waals surface area contributed by atoms with Crippen LogP contribution in [-0.4, -0.2) is 62.6 Å². The molecular weight excluding hydrogens is 322 g/mol. The van der Waals surface area contributed by atoms with Crippen molar-refractivity contribution in [2.75, 3.05) is 39.0 Å². The van der Waals surface area contributed by atoms with E-state index in [1.54, 1.807) is 4.31 Å². The van der Waals surface area contributed by atoms with Crippen molar-refractivity contribution in [3.8, 4) is 0 Å². The largest absolute Gasteiger partial charge is 0.327 e. The fourth-order valence-electron chi connectivity index (χ4n) is 4.60. The molecule has 0 aromatic heterocycles. The maximum Gasteiger partial charge on any atom is 0.211 e. The summed E-state index contributed by atoms with van der Waals surface area (Å²) in [5.41, 5.74) is 6.28. The van der Waals surface area contributed by atoms with Gasteiger partial charge in [-0.1, -0.05) is 6.42 Å². The van der Waals surface area contributed by atoms with Crippen LogP contribution in [-0.2, 0) is 10.0 Å². The Morgan fingerprint density at radius 3 is 2.55 bits per heavy atom. The van der Waals surface area contributed by atoms with Crippen LogP contribution < -0.4 is 5.73 Å². The monoisotopic (exact) mass is 351 g/mol. The second-order valence-electron chi connectivity index (χ2n) is 7.37. The number of hydrogen-bond acceptors (Lipinski definition) is 4. The van der Waals surface area contributed by atoms with Gasteiger partial charge in [-0.05, 0) is 43.4 Å². The molecule has 0 spiro atoms. The van der Waals surface area contributed by atoms with E-state index < -0.39 is 10.0 Å². The Morgan fingerprint density at radius 1 is 1.09 bits per heavy atom. The van der Waals surface area contributed by atoms with Crippen molar-refractivity contribution in [3.63, 3.8) is 0 Å². The van der Waals surface area contributed by atoms with Gasteiger partial charge in [0.15, 0.2) is 0 Å². The van der Waals surface area contributed by atoms with Gasteiger partial charge < -0.3 is 10.6 Å². The van der Waals surface area contributed by atoms with Crippen molar-refractivity contribution in [2.24, 2.45) is 23.5 Å². The van der Waals surface area contributed by atoms with Gasteiger partial charge in [-0.3, -0.25) is 0 Å². The third kappa shape index (κ3) is 4.15. The molecule has 0 radical (unpaired) electrons. The number of nitrogens with zero attached hydrogens (tertiary/aromatic N) is 2. The van der Waals surface area contributed by atoms with E-state index in [9.17, 15) is 8.42 Å². The molecule has 130 valence electrons. The highest BCUT2D eigenvalue weighted by Crippen LogP contribution is 2.36. The molecule has 4 atom stereocenters. The molecule has 3 rings (SSSR count). The van der Waals surface area contributed by atoms with Crippen LogP contribution in [0.1, 0.15) is 32.1 Å². The lowest BCUT2D eigenvalue weighted by molar-refractivity contribution is 0.195. The van der Waals surface area contributed by atoms with E-state index in [-0.39, 0.29) is 12.4 Å². The SMILES string of the molecule is CS(=O)(=O)N1CCCC(CN2CC3CCCC(N)C3C2)C1.Cl.